The lowest BCUT2D eigenvalue weighted by Crippen LogP contribution is -2.28. The van der Waals surface area contributed by atoms with E-state index in [1.165, 1.54) is 6.42 Å². The number of aliphatic hydroxyl groups is 1. The molecule has 1 aromatic heterocycles. The molecule has 2 aliphatic rings. The quantitative estimate of drug-likeness (QED) is 0.711. The number of methoxy groups -OCH3 is 1. The van der Waals surface area contributed by atoms with Gasteiger partial charge < -0.3 is 20.1 Å². The van der Waals surface area contributed by atoms with Crippen LogP contribution in [0.1, 0.15) is 48.9 Å². The van der Waals surface area contributed by atoms with E-state index in [4.69, 9.17) is 4.74 Å². The second kappa shape index (κ2) is 7.08. The fraction of sp³-hybridized carbons (Fsp3) is 0.318. The third-order valence-corrected chi connectivity index (χ3v) is 5.40. The van der Waals surface area contributed by atoms with Gasteiger partial charge in [-0.1, -0.05) is 43.5 Å². The summed E-state index contributed by atoms with van der Waals surface area (Å²) in [4.78, 5) is 15.7. The number of fused-ring (bicyclic) bond motifs is 1. The molecule has 140 valence electrons. The maximum Gasteiger partial charge on any atom is 0.256 e. The number of aromatic nitrogens is 1. The minimum Gasteiger partial charge on any atom is -0.495 e. The minimum atomic E-state index is -0.746. The molecule has 1 aliphatic carbocycles. The first kappa shape index (κ1) is 17.6. The van der Waals surface area contributed by atoms with Crippen LogP contribution in [0.5, 0.6) is 5.75 Å². The van der Waals surface area contributed by atoms with Crippen LogP contribution in [-0.2, 0) is 4.79 Å². The largest absolute Gasteiger partial charge is 0.495 e. The number of amides is 1. The van der Waals surface area contributed by atoms with E-state index in [0.717, 1.165) is 48.2 Å². The Morgan fingerprint density at radius 3 is 2.78 bits per heavy atom. The van der Waals surface area contributed by atoms with Crippen LogP contribution in [0.15, 0.2) is 36.5 Å². The van der Waals surface area contributed by atoms with Crippen LogP contribution >= 0.6 is 0 Å². The summed E-state index contributed by atoms with van der Waals surface area (Å²) in [6.07, 6.45) is 12.3. The van der Waals surface area contributed by atoms with Crippen LogP contribution < -0.4 is 10.1 Å². The topological polar surface area (TPSA) is 74.4 Å². The zero-order valence-corrected chi connectivity index (χ0v) is 15.4. The first-order valence-electron chi connectivity index (χ1n) is 9.39. The smallest absolute Gasteiger partial charge is 0.256 e. The lowest BCUT2D eigenvalue weighted by molar-refractivity contribution is -0.110. The summed E-state index contributed by atoms with van der Waals surface area (Å²) in [5.74, 6) is 0.548. The molecule has 0 atom stereocenters. The van der Waals surface area contributed by atoms with Gasteiger partial charge in [0.2, 0.25) is 0 Å². The average Bonchev–Trinajstić information content (AvgIpc) is 3.25. The van der Waals surface area contributed by atoms with Crippen molar-refractivity contribution in [3.05, 3.63) is 53.4 Å². The molecule has 2 heterocycles. The van der Waals surface area contributed by atoms with Gasteiger partial charge in [-0.05, 0) is 36.6 Å². The summed E-state index contributed by atoms with van der Waals surface area (Å²) in [5, 5.41) is 13.7. The molecule has 0 radical (unpaired) electrons. The van der Waals surface area contributed by atoms with Crippen LogP contribution in [0.25, 0.3) is 17.7 Å². The van der Waals surface area contributed by atoms with Crippen molar-refractivity contribution in [3.63, 3.8) is 0 Å². The highest BCUT2D eigenvalue weighted by Gasteiger charge is 2.28. The second-order valence-corrected chi connectivity index (χ2v) is 7.24. The molecule has 4 rings (SSSR count). The molecule has 3 N–H and O–H groups in total. The predicted molar refractivity (Wildman–Crippen MR) is 107 cm³/mol. The van der Waals surface area contributed by atoms with E-state index >= 15 is 0 Å². The molecule has 0 saturated heterocycles. The van der Waals surface area contributed by atoms with Crippen LogP contribution in [0.2, 0.25) is 0 Å². The SMILES string of the molecule is COc1cc[nH]c1/C=C1\C(=O)Nc2cccc(C=CC3(O)CCCCC3)c21. The number of hydrogen-bond donors (Lipinski definition) is 3. The minimum absolute atomic E-state index is 0.140. The molecule has 0 bridgehead atoms. The average molecular weight is 364 g/mol. The van der Waals surface area contributed by atoms with Gasteiger partial charge in [0.1, 0.15) is 5.75 Å². The number of hydrogen-bond acceptors (Lipinski definition) is 3. The summed E-state index contributed by atoms with van der Waals surface area (Å²) in [6, 6.07) is 7.61. The highest BCUT2D eigenvalue weighted by molar-refractivity contribution is 6.35. The zero-order valence-electron chi connectivity index (χ0n) is 15.4. The maximum atomic E-state index is 12.6. The van der Waals surface area contributed by atoms with Crippen molar-refractivity contribution in [1.82, 2.24) is 4.98 Å². The van der Waals surface area contributed by atoms with Crippen molar-refractivity contribution in [3.8, 4) is 5.75 Å². The molecule has 27 heavy (non-hydrogen) atoms. The number of rotatable bonds is 4. The molecule has 0 spiro atoms. The van der Waals surface area contributed by atoms with Gasteiger partial charge in [0.15, 0.2) is 0 Å². The van der Waals surface area contributed by atoms with E-state index in [9.17, 15) is 9.90 Å². The van der Waals surface area contributed by atoms with E-state index in [1.54, 1.807) is 13.3 Å². The van der Waals surface area contributed by atoms with Crippen LogP contribution in [-0.4, -0.2) is 28.7 Å². The molecule has 1 aromatic carbocycles. The monoisotopic (exact) mass is 364 g/mol. The Hall–Kier alpha value is -2.79. The van der Waals surface area contributed by atoms with Crippen molar-refractivity contribution in [2.75, 3.05) is 12.4 Å². The Kier molecular flexibility index (Phi) is 4.62. The summed E-state index contributed by atoms with van der Waals surface area (Å²) in [7, 11) is 1.60. The zero-order chi connectivity index (χ0) is 18.9. The third-order valence-electron chi connectivity index (χ3n) is 5.40. The molecule has 2 aromatic rings. The van der Waals surface area contributed by atoms with Crippen LogP contribution in [0, 0.1) is 0 Å². The number of aromatic amines is 1. The van der Waals surface area contributed by atoms with Crippen molar-refractivity contribution in [2.45, 2.75) is 37.7 Å². The fourth-order valence-corrected chi connectivity index (χ4v) is 3.93. The number of ether oxygens (including phenoxy) is 1. The normalized spacial score (nSPS) is 20.1. The Morgan fingerprint density at radius 1 is 1.19 bits per heavy atom. The van der Waals surface area contributed by atoms with Gasteiger partial charge in [0.05, 0.1) is 24.0 Å². The Labute approximate surface area is 158 Å². The highest BCUT2D eigenvalue weighted by Crippen LogP contribution is 2.38. The molecular weight excluding hydrogens is 340 g/mol. The van der Waals surface area contributed by atoms with Gasteiger partial charge in [-0.15, -0.1) is 0 Å². The van der Waals surface area contributed by atoms with Gasteiger partial charge in [-0.25, -0.2) is 0 Å². The van der Waals surface area contributed by atoms with E-state index < -0.39 is 5.60 Å². The Balaban J connectivity index is 1.73. The van der Waals surface area contributed by atoms with E-state index in [-0.39, 0.29) is 5.91 Å². The first-order valence-corrected chi connectivity index (χ1v) is 9.39. The first-order chi connectivity index (χ1) is 13.1. The van der Waals surface area contributed by atoms with Gasteiger partial charge >= 0.3 is 0 Å². The molecule has 1 fully saturated rings. The summed E-state index contributed by atoms with van der Waals surface area (Å²) in [6.45, 7) is 0. The van der Waals surface area contributed by atoms with E-state index in [0.29, 0.717) is 11.3 Å². The number of carbonyl (C=O) groups excluding carboxylic acids is 1. The predicted octanol–water partition coefficient (Wildman–Crippen LogP) is 4.22. The summed E-state index contributed by atoms with van der Waals surface area (Å²) in [5.41, 5.74) is 3.15. The standard InChI is InChI=1S/C22H24N2O3/c1-27-19-9-13-23-18(19)14-16-20-15(6-5-7-17(20)24-21(16)25)8-12-22(26)10-3-2-4-11-22/h5-9,12-14,23,26H,2-4,10-11H2,1H3,(H,24,25)/b12-8?,16-14-. The van der Waals surface area contributed by atoms with Crippen LogP contribution in [0.3, 0.4) is 0 Å². The Morgan fingerprint density at radius 2 is 2.00 bits per heavy atom. The van der Waals surface area contributed by atoms with Gasteiger partial charge in [-0.2, -0.15) is 0 Å². The Bertz CT molecular complexity index is 917. The maximum absolute atomic E-state index is 12.6. The number of anilines is 1. The van der Waals surface area contributed by atoms with Crippen LogP contribution in [0.4, 0.5) is 5.69 Å². The molecule has 1 aliphatic heterocycles. The summed E-state index contributed by atoms with van der Waals surface area (Å²) < 4.78 is 5.33. The van der Waals surface area contributed by atoms with Gasteiger partial charge in [0.25, 0.3) is 5.91 Å². The van der Waals surface area contributed by atoms with Crippen molar-refractivity contribution in [1.29, 1.82) is 0 Å². The summed E-state index contributed by atoms with van der Waals surface area (Å²) >= 11 is 0. The van der Waals surface area contributed by atoms with Gasteiger partial charge in [0, 0.05) is 17.4 Å². The van der Waals surface area contributed by atoms with Gasteiger partial charge in [-0.3, -0.25) is 4.79 Å². The second-order valence-electron chi connectivity index (χ2n) is 7.24. The number of carbonyl (C=O) groups is 1. The van der Waals surface area contributed by atoms with Crippen molar-refractivity contribution < 1.29 is 14.6 Å². The lowest BCUT2D eigenvalue weighted by Gasteiger charge is -2.28. The number of H-pyrrole nitrogens is 1. The van der Waals surface area contributed by atoms with Crippen molar-refractivity contribution >= 4 is 29.3 Å². The molecule has 5 nitrogen and oxygen atoms in total. The third kappa shape index (κ3) is 3.43. The number of nitrogens with one attached hydrogen (secondary N) is 2. The molecule has 5 heteroatoms. The van der Waals surface area contributed by atoms with E-state index in [2.05, 4.69) is 10.3 Å². The molecule has 1 amide bonds. The fourth-order valence-electron chi connectivity index (χ4n) is 3.93. The van der Waals surface area contributed by atoms with Crippen molar-refractivity contribution in [2.24, 2.45) is 0 Å². The highest BCUT2D eigenvalue weighted by atomic mass is 16.5. The molecule has 0 unspecified atom stereocenters. The molecule has 1 saturated carbocycles. The number of benzene rings is 1. The lowest BCUT2D eigenvalue weighted by atomic mass is 9.84. The van der Waals surface area contributed by atoms with E-state index in [1.807, 2.05) is 42.5 Å². The molecular formula is C22H24N2O3.